The molecule has 0 aromatic rings. The van der Waals surface area contributed by atoms with Crippen molar-refractivity contribution in [2.75, 3.05) is 14.1 Å². The fourth-order valence-electron chi connectivity index (χ4n) is 0.953. The highest BCUT2D eigenvalue weighted by Gasteiger charge is 2.27. The Morgan fingerprint density at radius 3 is 2.25 bits per heavy atom. The molecule has 1 rings (SSSR count). The molecule has 5 heteroatoms. The van der Waals surface area contributed by atoms with Gasteiger partial charge < -0.3 is 11.5 Å². The van der Waals surface area contributed by atoms with E-state index in [9.17, 15) is 4.79 Å². The Morgan fingerprint density at radius 2 is 1.75 bits per heavy atom. The Kier molecular flexibility index (Phi) is 1.72. The first kappa shape index (κ1) is 8.45. The second kappa shape index (κ2) is 2.44. The smallest absolute Gasteiger partial charge is 0.329 e. The van der Waals surface area contributed by atoms with E-state index in [4.69, 9.17) is 11.5 Å². The average molecular weight is 168 g/mol. The molecule has 0 spiro atoms. The van der Waals surface area contributed by atoms with Crippen molar-refractivity contribution in [3.05, 3.63) is 23.8 Å². The number of carbonyl (C=O) groups is 1. The number of rotatable bonds is 0. The van der Waals surface area contributed by atoms with Gasteiger partial charge in [0, 0.05) is 14.1 Å². The van der Waals surface area contributed by atoms with Crippen molar-refractivity contribution < 1.29 is 4.79 Å². The summed E-state index contributed by atoms with van der Waals surface area (Å²) in [5.74, 6) is 0.253. The lowest BCUT2D eigenvalue weighted by Gasteiger charge is -2.32. The Bertz CT molecular complexity index is 281. The normalized spacial score (nSPS) is 19.2. The van der Waals surface area contributed by atoms with Crippen LogP contribution >= 0.6 is 0 Å². The zero-order valence-electron chi connectivity index (χ0n) is 7.16. The van der Waals surface area contributed by atoms with E-state index in [-0.39, 0.29) is 11.9 Å². The highest BCUT2D eigenvalue weighted by molar-refractivity contribution is 5.80. The zero-order chi connectivity index (χ0) is 9.46. The molecule has 2 amide bonds. The summed E-state index contributed by atoms with van der Waals surface area (Å²) in [6.45, 7) is 3.63. The van der Waals surface area contributed by atoms with Gasteiger partial charge in [-0.2, -0.15) is 0 Å². The van der Waals surface area contributed by atoms with Gasteiger partial charge in [0.05, 0.1) is 11.4 Å². The lowest BCUT2D eigenvalue weighted by Crippen LogP contribution is -2.46. The molecule has 0 saturated carbocycles. The summed E-state index contributed by atoms with van der Waals surface area (Å²) in [6.07, 6.45) is 0. The second-order valence-corrected chi connectivity index (χ2v) is 2.65. The standard InChI is InChI=1S/C7H12N4O/c1-4-5(8)6(9)11(3)7(12)10(4)2/h1,8-9H2,2-3H3. The van der Waals surface area contributed by atoms with Crippen molar-refractivity contribution >= 4 is 6.03 Å². The summed E-state index contributed by atoms with van der Waals surface area (Å²) in [7, 11) is 3.16. The third kappa shape index (κ3) is 0.903. The fraction of sp³-hybridized carbons (Fsp3) is 0.286. The Morgan fingerprint density at radius 1 is 1.25 bits per heavy atom. The maximum absolute atomic E-state index is 11.3. The number of likely N-dealkylation sites (N-methyl/N-ethyl adjacent to an activating group) is 1. The van der Waals surface area contributed by atoms with Crippen LogP contribution < -0.4 is 11.5 Å². The van der Waals surface area contributed by atoms with Gasteiger partial charge in [-0.05, 0) is 0 Å². The summed E-state index contributed by atoms with van der Waals surface area (Å²) in [5, 5.41) is 0. The number of urea groups is 1. The molecule has 0 atom stereocenters. The first-order valence-electron chi connectivity index (χ1n) is 3.42. The van der Waals surface area contributed by atoms with Crippen LogP contribution in [0.15, 0.2) is 23.8 Å². The first-order valence-corrected chi connectivity index (χ1v) is 3.42. The quantitative estimate of drug-likeness (QED) is 0.516. The van der Waals surface area contributed by atoms with E-state index in [0.29, 0.717) is 11.4 Å². The molecule has 12 heavy (non-hydrogen) atoms. The molecule has 0 unspecified atom stereocenters. The summed E-state index contributed by atoms with van der Waals surface area (Å²) in [6, 6.07) is -0.230. The SMILES string of the molecule is C=C1C(N)=C(N)N(C)C(=O)N1C. The van der Waals surface area contributed by atoms with Gasteiger partial charge in [-0.15, -0.1) is 0 Å². The topological polar surface area (TPSA) is 75.6 Å². The number of nitrogens with two attached hydrogens (primary N) is 2. The summed E-state index contributed by atoms with van der Waals surface area (Å²) in [4.78, 5) is 13.9. The first-order chi connectivity index (χ1) is 5.46. The van der Waals surface area contributed by atoms with E-state index >= 15 is 0 Å². The van der Waals surface area contributed by atoms with Gasteiger partial charge in [-0.3, -0.25) is 9.80 Å². The molecule has 5 nitrogen and oxygen atoms in total. The van der Waals surface area contributed by atoms with Crippen molar-refractivity contribution in [2.45, 2.75) is 0 Å². The molecule has 0 saturated heterocycles. The minimum Gasteiger partial charge on any atom is -0.394 e. The van der Waals surface area contributed by atoms with E-state index in [0.717, 1.165) is 0 Å². The molecule has 1 heterocycles. The van der Waals surface area contributed by atoms with Gasteiger partial charge >= 0.3 is 6.03 Å². The number of hydrogen-bond acceptors (Lipinski definition) is 3. The second-order valence-electron chi connectivity index (χ2n) is 2.65. The molecule has 0 radical (unpaired) electrons. The van der Waals surface area contributed by atoms with Crippen LogP contribution in [0.5, 0.6) is 0 Å². The van der Waals surface area contributed by atoms with Crippen LogP contribution in [0.3, 0.4) is 0 Å². The molecule has 4 N–H and O–H groups in total. The van der Waals surface area contributed by atoms with E-state index in [1.807, 2.05) is 0 Å². The molecule has 0 aromatic heterocycles. The van der Waals surface area contributed by atoms with Crippen molar-refractivity contribution in [3.63, 3.8) is 0 Å². The zero-order valence-corrected chi connectivity index (χ0v) is 7.16. The molecule has 1 aliphatic rings. The number of carbonyl (C=O) groups excluding carboxylic acids is 1. The van der Waals surface area contributed by atoms with E-state index in [1.165, 1.54) is 9.80 Å². The van der Waals surface area contributed by atoms with Crippen LogP contribution in [-0.2, 0) is 0 Å². The van der Waals surface area contributed by atoms with Gasteiger partial charge in [-0.25, -0.2) is 4.79 Å². The molecule has 0 fully saturated rings. The Hall–Kier alpha value is -1.65. The predicted molar refractivity (Wildman–Crippen MR) is 45.5 cm³/mol. The van der Waals surface area contributed by atoms with Gasteiger partial charge in [0.25, 0.3) is 0 Å². The number of nitrogens with zero attached hydrogens (tertiary/aromatic N) is 2. The van der Waals surface area contributed by atoms with Crippen LogP contribution in [0, 0.1) is 0 Å². The third-order valence-electron chi connectivity index (χ3n) is 1.93. The number of hydrogen-bond donors (Lipinski definition) is 2. The molecule has 0 aliphatic carbocycles. The summed E-state index contributed by atoms with van der Waals surface area (Å²) >= 11 is 0. The van der Waals surface area contributed by atoms with Crippen molar-refractivity contribution in [1.82, 2.24) is 9.80 Å². The maximum atomic E-state index is 11.3. The van der Waals surface area contributed by atoms with Crippen molar-refractivity contribution in [3.8, 4) is 0 Å². The van der Waals surface area contributed by atoms with Crippen molar-refractivity contribution in [2.24, 2.45) is 11.5 Å². The van der Waals surface area contributed by atoms with Gasteiger partial charge in [0.1, 0.15) is 5.82 Å². The molecule has 0 aromatic carbocycles. The minimum atomic E-state index is -0.230. The van der Waals surface area contributed by atoms with Crippen molar-refractivity contribution in [1.29, 1.82) is 0 Å². The maximum Gasteiger partial charge on any atom is 0.329 e. The predicted octanol–water partition coefficient (Wildman–Crippen LogP) is -0.416. The molecular weight excluding hydrogens is 156 g/mol. The lowest BCUT2D eigenvalue weighted by molar-refractivity contribution is 0.189. The van der Waals surface area contributed by atoms with Crippen LogP contribution in [0.1, 0.15) is 0 Å². The molecular formula is C7H12N4O. The lowest BCUT2D eigenvalue weighted by atomic mass is 10.2. The van der Waals surface area contributed by atoms with Crippen LogP contribution in [0.2, 0.25) is 0 Å². The highest BCUT2D eigenvalue weighted by atomic mass is 16.2. The monoisotopic (exact) mass is 168 g/mol. The van der Waals surface area contributed by atoms with Crippen LogP contribution in [-0.4, -0.2) is 29.9 Å². The Balaban J connectivity index is 3.17. The van der Waals surface area contributed by atoms with Gasteiger partial charge in [0.2, 0.25) is 0 Å². The van der Waals surface area contributed by atoms with Crippen LogP contribution in [0.4, 0.5) is 4.79 Å². The highest BCUT2D eigenvalue weighted by Crippen LogP contribution is 2.18. The summed E-state index contributed by atoms with van der Waals surface area (Å²) < 4.78 is 0. The average Bonchev–Trinajstić information content (AvgIpc) is 2.08. The van der Waals surface area contributed by atoms with Crippen LogP contribution in [0.25, 0.3) is 0 Å². The van der Waals surface area contributed by atoms with E-state index in [1.54, 1.807) is 14.1 Å². The molecule has 1 aliphatic heterocycles. The molecule has 66 valence electrons. The number of amides is 2. The fourth-order valence-corrected chi connectivity index (χ4v) is 0.953. The van der Waals surface area contributed by atoms with Gasteiger partial charge in [0.15, 0.2) is 0 Å². The van der Waals surface area contributed by atoms with Gasteiger partial charge in [-0.1, -0.05) is 6.58 Å². The minimum absolute atomic E-state index is 0.230. The third-order valence-corrected chi connectivity index (χ3v) is 1.93. The largest absolute Gasteiger partial charge is 0.394 e. The van der Waals surface area contributed by atoms with E-state index < -0.39 is 0 Å². The Labute approximate surface area is 70.9 Å². The molecule has 0 bridgehead atoms. The van der Waals surface area contributed by atoms with E-state index in [2.05, 4.69) is 6.58 Å². The summed E-state index contributed by atoms with van der Waals surface area (Å²) in [5.41, 5.74) is 11.9.